The summed E-state index contributed by atoms with van der Waals surface area (Å²) in [7, 11) is 46.6. The highest BCUT2D eigenvalue weighted by atomic mass is 16.3. The minimum absolute atomic E-state index is 0.137. The minimum atomic E-state index is 0.137. The summed E-state index contributed by atoms with van der Waals surface area (Å²) in [6, 6.07) is 46.0. The molecule has 0 unspecified atom stereocenters. The molecule has 0 aliphatic rings. The second kappa shape index (κ2) is 11.9. The Morgan fingerprint density at radius 2 is 0.672 bits per heavy atom. The van der Waals surface area contributed by atoms with Crippen molar-refractivity contribution in [1.82, 2.24) is 0 Å². The molecule has 0 aliphatic carbocycles. The number of rotatable bonds is 3. The maximum Gasteiger partial charge on any atom is 0.128 e. The van der Waals surface area contributed by atoms with Crippen LogP contribution in [-0.4, -0.2) is 54.9 Å². The van der Waals surface area contributed by atoms with Gasteiger partial charge in [0.1, 0.15) is 66.1 Å². The molecule has 8 heteroatoms. The third kappa shape index (κ3) is 4.41. The van der Waals surface area contributed by atoms with E-state index in [1.807, 2.05) is 0 Å². The van der Waals surface area contributed by atoms with Crippen LogP contribution < -0.4 is 38.2 Å². The number of fused-ring (bicyclic) bond motifs is 3. The van der Waals surface area contributed by atoms with Crippen LogP contribution in [0.3, 0.4) is 0 Å². The van der Waals surface area contributed by atoms with Gasteiger partial charge in [0.2, 0.25) is 0 Å². The molecule has 14 radical (unpaired) electrons. The predicted molar refractivity (Wildman–Crippen MR) is 255 cm³/mol. The SMILES string of the molecule is [B]c1c([B])c([B])c2c(oc3c([B])c([B])c([B])c(-c4cc(-c5ccc6ccc7cccc8ccc5c6c78)cc(-c5ccc6ccc7cccc8ccc5c6c78)c4)c32)c1[B]. The van der Waals surface area contributed by atoms with Crippen molar-refractivity contribution in [2.75, 3.05) is 0 Å². The third-order valence-electron chi connectivity index (χ3n) is 12.5. The summed E-state index contributed by atoms with van der Waals surface area (Å²) in [4.78, 5) is 0. The molecule has 0 saturated carbocycles. The first-order chi connectivity index (χ1) is 28.2. The molecule has 0 saturated heterocycles. The molecule has 0 atom stereocenters. The van der Waals surface area contributed by atoms with Crippen LogP contribution >= 0.6 is 0 Å². The molecular weight excluding hydrogens is 692 g/mol. The zero-order chi connectivity index (χ0) is 39.3. The largest absolute Gasteiger partial charge is 0.457 e. The third-order valence-corrected chi connectivity index (χ3v) is 12.5. The van der Waals surface area contributed by atoms with E-state index < -0.39 is 0 Å². The summed E-state index contributed by atoms with van der Waals surface area (Å²) < 4.78 is 6.40. The smallest absolute Gasteiger partial charge is 0.128 e. The lowest BCUT2D eigenvalue weighted by Crippen LogP contribution is -2.47. The summed E-state index contributed by atoms with van der Waals surface area (Å²) >= 11 is 0. The zero-order valence-corrected chi connectivity index (χ0v) is 31.1. The van der Waals surface area contributed by atoms with Crippen molar-refractivity contribution in [2.24, 2.45) is 0 Å². The fourth-order valence-corrected chi connectivity index (χ4v) is 9.75. The Balaban J connectivity index is 1.24. The van der Waals surface area contributed by atoms with Crippen LogP contribution in [0.25, 0.3) is 120 Å². The average Bonchev–Trinajstić information content (AvgIpc) is 3.65. The molecule has 58 heavy (non-hydrogen) atoms. The molecule has 1 aromatic heterocycles. The van der Waals surface area contributed by atoms with Gasteiger partial charge in [-0.05, 0) is 116 Å². The Hall–Kier alpha value is -6.25. The van der Waals surface area contributed by atoms with E-state index in [1.54, 1.807) is 0 Å². The highest BCUT2D eigenvalue weighted by molar-refractivity contribution is 6.68. The van der Waals surface area contributed by atoms with Gasteiger partial charge in [-0.1, -0.05) is 131 Å². The van der Waals surface area contributed by atoms with Crippen molar-refractivity contribution in [1.29, 1.82) is 0 Å². The fraction of sp³-hybridized carbons (Fsp3) is 0. The topological polar surface area (TPSA) is 13.1 Å². The number of hydrogen-bond donors (Lipinski definition) is 0. The van der Waals surface area contributed by atoms with Crippen LogP contribution in [-0.2, 0) is 0 Å². The molecule has 12 rings (SSSR count). The van der Waals surface area contributed by atoms with Crippen molar-refractivity contribution in [3.8, 4) is 33.4 Å². The van der Waals surface area contributed by atoms with Gasteiger partial charge in [0.25, 0.3) is 0 Å². The molecule has 0 spiro atoms. The molecular formula is C50H21B7O. The summed E-state index contributed by atoms with van der Waals surface area (Å²) in [5, 5.41) is 15.4. The van der Waals surface area contributed by atoms with Crippen molar-refractivity contribution < 1.29 is 4.42 Å². The highest BCUT2D eigenvalue weighted by Crippen LogP contribution is 2.45. The molecule has 12 aromatic rings. The summed E-state index contributed by atoms with van der Waals surface area (Å²) in [5.74, 6) is 0. The molecule has 0 bridgehead atoms. The van der Waals surface area contributed by atoms with Gasteiger partial charge < -0.3 is 4.42 Å². The first kappa shape index (κ1) is 33.9. The summed E-state index contributed by atoms with van der Waals surface area (Å²) in [6.07, 6.45) is 0. The van der Waals surface area contributed by atoms with E-state index >= 15 is 0 Å². The van der Waals surface area contributed by atoms with Gasteiger partial charge in [-0.15, -0.1) is 16.4 Å². The van der Waals surface area contributed by atoms with Crippen LogP contribution in [0.1, 0.15) is 0 Å². The maximum atomic E-state index is 7.07. The zero-order valence-electron chi connectivity index (χ0n) is 31.1. The number of furan rings is 1. The van der Waals surface area contributed by atoms with Crippen LogP contribution in [0.4, 0.5) is 0 Å². The van der Waals surface area contributed by atoms with E-state index in [2.05, 4.69) is 127 Å². The predicted octanol–water partition coefficient (Wildman–Crippen LogP) is 5.94. The number of benzene rings is 11. The highest BCUT2D eigenvalue weighted by Gasteiger charge is 2.24. The van der Waals surface area contributed by atoms with E-state index in [0.29, 0.717) is 21.9 Å². The fourth-order valence-electron chi connectivity index (χ4n) is 9.75. The Kier molecular flexibility index (Phi) is 6.95. The molecule has 11 aromatic carbocycles. The van der Waals surface area contributed by atoms with Gasteiger partial charge in [-0.3, -0.25) is 0 Å². The van der Waals surface area contributed by atoms with Gasteiger partial charge in [-0.2, -0.15) is 0 Å². The number of hydrogen-bond acceptors (Lipinski definition) is 1. The normalized spacial score (nSPS) is 12.3. The van der Waals surface area contributed by atoms with E-state index in [4.69, 9.17) is 59.3 Å². The van der Waals surface area contributed by atoms with Gasteiger partial charge in [0, 0.05) is 10.8 Å². The lowest BCUT2D eigenvalue weighted by molar-refractivity contribution is 0.675. The van der Waals surface area contributed by atoms with Crippen molar-refractivity contribution >= 4 is 180 Å². The van der Waals surface area contributed by atoms with E-state index in [0.717, 1.165) is 38.6 Å². The molecule has 248 valence electrons. The van der Waals surface area contributed by atoms with E-state index in [9.17, 15) is 0 Å². The molecule has 0 fully saturated rings. The van der Waals surface area contributed by atoms with E-state index in [-0.39, 0.29) is 43.8 Å². The quantitative estimate of drug-likeness (QED) is 0.163. The van der Waals surface area contributed by atoms with Crippen LogP contribution in [0, 0.1) is 0 Å². The van der Waals surface area contributed by atoms with Crippen LogP contribution in [0.5, 0.6) is 0 Å². The second-order valence-corrected chi connectivity index (χ2v) is 15.5. The molecule has 0 amide bonds. The summed E-state index contributed by atoms with van der Waals surface area (Å²) in [5.41, 5.74) is 7.42. The monoisotopic (exact) mass is 714 g/mol. The van der Waals surface area contributed by atoms with Crippen molar-refractivity contribution in [3.63, 3.8) is 0 Å². The maximum absolute atomic E-state index is 7.07. The summed E-state index contributed by atoms with van der Waals surface area (Å²) in [6.45, 7) is 0. The molecule has 0 N–H and O–H groups in total. The second-order valence-electron chi connectivity index (χ2n) is 15.5. The Bertz CT molecular complexity index is 3570. The Morgan fingerprint density at radius 1 is 0.293 bits per heavy atom. The molecule has 1 heterocycles. The van der Waals surface area contributed by atoms with Gasteiger partial charge in [0.15, 0.2) is 0 Å². The van der Waals surface area contributed by atoms with Gasteiger partial charge in [-0.25, -0.2) is 0 Å². The first-order valence-corrected chi connectivity index (χ1v) is 19.1. The Morgan fingerprint density at radius 3 is 1.17 bits per heavy atom. The molecule has 1 nitrogen and oxygen atoms in total. The van der Waals surface area contributed by atoms with E-state index in [1.165, 1.54) is 53.9 Å². The first-order valence-electron chi connectivity index (χ1n) is 19.1. The van der Waals surface area contributed by atoms with Gasteiger partial charge >= 0.3 is 0 Å². The van der Waals surface area contributed by atoms with Crippen LogP contribution in [0.15, 0.2) is 132 Å². The standard InChI is InChI=1S/C50H21B7O/c51-42-39(40-41-43(52)44(53)46(55)48(57)50(41)58-49(40)47(56)45(42)54)30-20-28(31-15-11-26-9-7-22-3-1-5-24-13-17-33(31)37(26)35(22)24)19-29(21-30)32-16-12-27-10-8-23-4-2-6-25-14-18-34(32)38(27)36(23)25/h1-21H. The average molecular weight is 713 g/mol. The van der Waals surface area contributed by atoms with Gasteiger partial charge in [0.05, 0.1) is 0 Å². The minimum Gasteiger partial charge on any atom is -0.457 e. The lowest BCUT2D eigenvalue weighted by atomic mass is 9.64. The Labute approximate surface area is 343 Å². The lowest BCUT2D eigenvalue weighted by Gasteiger charge is -2.20. The van der Waals surface area contributed by atoms with Crippen LogP contribution in [0.2, 0.25) is 0 Å². The van der Waals surface area contributed by atoms with Crippen molar-refractivity contribution in [3.05, 3.63) is 127 Å². The molecule has 0 aliphatic heterocycles. The van der Waals surface area contributed by atoms with Crippen molar-refractivity contribution in [2.45, 2.75) is 0 Å².